The standard InChI is InChI=1S/C18H16Cl2N2O/c1-11(13-7-8-16(19)17(20)9-13)21-22-18(23)15-10-14(15)12-5-3-2-4-6-12/h2-9,14-15H,10H2,1H3,(H,22,23)/b21-11-/t14-,15+/m0/s1. The minimum Gasteiger partial charge on any atom is -0.273 e. The number of nitrogens with zero attached hydrogens (tertiary/aromatic N) is 1. The second-order valence-electron chi connectivity index (χ2n) is 5.66. The molecule has 1 aliphatic carbocycles. The zero-order valence-corrected chi connectivity index (χ0v) is 14.1. The summed E-state index contributed by atoms with van der Waals surface area (Å²) in [4.78, 5) is 12.2. The molecule has 0 heterocycles. The summed E-state index contributed by atoms with van der Waals surface area (Å²) in [6.07, 6.45) is 0.872. The van der Waals surface area contributed by atoms with Gasteiger partial charge >= 0.3 is 0 Å². The van der Waals surface area contributed by atoms with E-state index in [9.17, 15) is 4.79 Å². The van der Waals surface area contributed by atoms with Gasteiger partial charge in [-0.2, -0.15) is 5.10 Å². The highest BCUT2D eigenvalue weighted by Crippen LogP contribution is 2.47. The van der Waals surface area contributed by atoms with Crippen molar-refractivity contribution < 1.29 is 4.79 Å². The molecule has 1 fully saturated rings. The first-order valence-corrected chi connectivity index (χ1v) is 8.16. The Morgan fingerprint density at radius 2 is 1.87 bits per heavy atom. The Bertz CT molecular complexity index is 759. The van der Waals surface area contributed by atoms with Crippen LogP contribution in [0.3, 0.4) is 0 Å². The smallest absolute Gasteiger partial charge is 0.243 e. The van der Waals surface area contributed by atoms with Gasteiger partial charge in [0, 0.05) is 5.92 Å². The molecule has 3 nitrogen and oxygen atoms in total. The average molecular weight is 347 g/mol. The molecule has 0 saturated heterocycles. The van der Waals surface area contributed by atoms with Crippen molar-refractivity contribution in [3.8, 4) is 0 Å². The van der Waals surface area contributed by atoms with E-state index in [1.807, 2.05) is 31.2 Å². The van der Waals surface area contributed by atoms with E-state index < -0.39 is 0 Å². The minimum absolute atomic E-state index is 0.00255. The lowest BCUT2D eigenvalue weighted by atomic mass is 10.1. The fourth-order valence-corrected chi connectivity index (χ4v) is 2.86. The van der Waals surface area contributed by atoms with Gasteiger partial charge in [-0.3, -0.25) is 4.79 Å². The molecule has 1 amide bonds. The number of hydrogen-bond donors (Lipinski definition) is 1. The number of hydrazone groups is 1. The van der Waals surface area contributed by atoms with E-state index in [0.717, 1.165) is 12.0 Å². The first-order chi connectivity index (χ1) is 11.1. The van der Waals surface area contributed by atoms with E-state index in [1.54, 1.807) is 12.1 Å². The van der Waals surface area contributed by atoms with E-state index >= 15 is 0 Å². The van der Waals surface area contributed by atoms with Crippen molar-refractivity contribution in [1.82, 2.24) is 5.43 Å². The third-order valence-corrected chi connectivity index (χ3v) is 4.77. The molecule has 118 valence electrons. The lowest BCUT2D eigenvalue weighted by Gasteiger charge is -2.04. The summed E-state index contributed by atoms with van der Waals surface area (Å²) in [6, 6.07) is 15.4. The monoisotopic (exact) mass is 346 g/mol. The van der Waals surface area contributed by atoms with Crippen LogP contribution in [0.2, 0.25) is 10.0 Å². The summed E-state index contributed by atoms with van der Waals surface area (Å²) >= 11 is 11.9. The van der Waals surface area contributed by atoms with Gasteiger partial charge in [0.25, 0.3) is 0 Å². The van der Waals surface area contributed by atoms with Crippen LogP contribution in [0.25, 0.3) is 0 Å². The van der Waals surface area contributed by atoms with Crippen LogP contribution in [-0.2, 0) is 4.79 Å². The molecule has 5 heteroatoms. The quantitative estimate of drug-likeness (QED) is 0.635. The normalized spacial score (nSPS) is 20.2. The van der Waals surface area contributed by atoms with Gasteiger partial charge in [0.2, 0.25) is 5.91 Å². The van der Waals surface area contributed by atoms with Gasteiger partial charge in [0.1, 0.15) is 0 Å². The molecule has 2 aromatic carbocycles. The molecule has 0 unspecified atom stereocenters. The van der Waals surface area contributed by atoms with Crippen LogP contribution in [0.15, 0.2) is 53.6 Å². The van der Waals surface area contributed by atoms with Crippen LogP contribution in [0, 0.1) is 5.92 Å². The maximum atomic E-state index is 12.2. The van der Waals surface area contributed by atoms with Crippen molar-refractivity contribution in [3.63, 3.8) is 0 Å². The van der Waals surface area contributed by atoms with E-state index in [1.165, 1.54) is 5.56 Å². The molecule has 3 rings (SSSR count). The molecule has 23 heavy (non-hydrogen) atoms. The van der Waals surface area contributed by atoms with Gasteiger partial charge in [-0.15, -0.1) is 0 Å². The minimum atomic E-state index is -0.0433. The Morgan fingerprint density at radius 3 is 2.57 bits per heavy atom. The van der Waals surface area contributed by atoms with Crippen LogP contribution >= 0.6 is 23.2 Å². The Morgan fingerprint density at radius 1 is 1.13 bits per heavy atom. The van der Waals surface area contributed by atoms with Gasteiger partial charge in [0.15, 0.2) is 0 Å². The van der Waals surface area contributed by atoms with E-state index in [2.05, 4.69) is 22.7 Å². The van der Waals surface area contributed by atoms with Crippen LogP contribution in [-0.4, -0.2) is 11.6 Å². The van der Waals surface area contributed by atoms with Crippen molar-refractivity contribution in [2.24, 2.45) is 11.0 Å². The summed E-state index contributed by atoms with van der Waals surface area (Å²) < 4.78 is 0. The summed E-state index contributed by atoms with van der Waals surface area (Å²) in [6.45, 7) is 1.82. The molecule has 0 aliphatic heterocycles. The van der Waals surface area contributed by atoms with Crippen molar-refractivity contribution in [3.05, 3.63) is 69.7 Å². The summed E-state index contributed by atoms with van der Waals surface area (Å²) in [7, 11) is 0. The van der Waals surface area contributed by atoms with E-state index in [-0.39, 0.29) is 11.8 Å². The maximum Gasteiger partial charge on any atom is 0.243 e. The van der Waals surface area contributed by atoms with Crippen molar-refractivity contribution in [2.75, 3.05) is 0 Å². The second kappa shape index (κ2) is 6.73. The number of carbonyl (C=O) groups is 1. The number of rotatable bonds is 4. The van der Waals surface area contributed by atoms with Gasteiger partial charge < -0.3 is 0 Å². The van der Waals surface area contributed by atoms with Crippen LogP contribution in [0.5, 0.6) is 0 Å². The zero-order valence-electron chi connectivity index (χ0n) is 12.6. The summed E-state index contributed by atoms with van der Waals surface area (Å²) in [5.74, 6) is 0.262. The lowest BCUT2D eigenvalue weighted by molar-refractivity contribution is -0.122. The number of nitrogens with one attached hydrogen (secondary N) is 1. The molecule has 2 atom stereocenters. The molecule has 1 aliphatic rings. The van der Waals surface area contributed by atoms with E-state index in [4.69, 9.17) is 23.2 Å². The topological polar surface area (TPSA) is 41.5 Å². The number of hydrogen-bond acceptors (Lipinski definition) is 2. The molecule has 1 saturated carbocycles. The SMILES string of the molecule is C/C(=N/NC(=O)[C@@H]1C[C@H]1c1ccccc1)c1ccc(Cl)c(Cl)c1. The number of carbonyl (C=O) groups excluding carboxylic acids is 1. The second-order valence-corrected chi connectivity index (χ2v) is 6.48. The molecular weight excluding hydrogens is 331 g/mol. The Labute approximate surface area is 145 Å². The molecule has 2 aromatic rings. The number of amides is 1. The van der Waals surface area contributed by atoms with Crippen LogP contribution in [0.4, 0.5) is 0 Å². The lowest BCUT2D eigenvalue weighted by Crippen LogP contribution is -2.21. The Hall–Kier alpha value is -1.84. The average Bonchev–Trinajstić information content (AvgIpc) is 3.36. The third-order valence-electron chi connectivity index (χ3n) is 4.03. The van der Waals surface area contributed by atoms with Gasteiger partial charge in [-0.25, -0.2) is 5.43 Å². The molecule has 0 aromatic heterocycles. The van der Waals surface area contributed by atoms with Crippen LogP contribution in [0.1, 0.15) is 30.4 Å². The fraction of sp³-hybridized carbons (Fsp3) is 0.222. The summed E-state index contributed by atoms with van der Waals surface area (Å²) in [5.41, 5.74) is 5.37. The zero-order chi connectivity index (χ0) is 16.4. The van der Waals surface area contributed by atoms with Crippen molar-refractivity contribution in [2.45, 2.75) is 19.3 Å². The largest absolute Gasteiger partial charge is 0.273 e. The third kappa shape index (κ3) is 3.74. The highest BCUT2D eigenvalue weighted by Gasteiger charge is 2.43. The first-order valence-electron chi connectivity index (χ1n) is 7.41. The molecule has 0 radical (unpaired) electrons. The summed E-state index contributed by atoms with van der Waals surface area (Å²) in [5, 5.41) is 5.13. The van der Waals surface area contributed by atoms with Gasteiger partial charge in [0.05, 0.1) is 15.8 Å². The highest BCUT2D eigenvalue weighted by molar-refractivity contribution is 6.42. The van der Waals surface area contributed by atoms with Gasteiger partial charge in [-0.1, -0.05) is 59.6 Å². The molecular formula is C18H16Cl2N2O. The number of halogens is 2. The predicted octanol–water partition coefficient (Wildman–Crippen LogP) is 4.64. The van der Waals surface area contributed by atoms with E-state index in [0.29, 0.717) is 21.7 Å². The molecule has 1 N–H and O–H groups in total. The first kappa shape index (κ1) is 16.0. The van der Waals surface area contributed by atoms with Crippen molar-refractivity contribution in [1.29, 1.82) is 0 Å². The van der Waals surface area contributed by atoms with Gasteiger partial charge in [-0.05, 0) is 42.5 Å². The molecule has 0 spiro atoms. The fourth-order valence-electron chi connectivity index (χ4n) is 2.56. The predicted molar refractivity (Wildman–Crippen MR) is 94.1 cm³/mol. The Balaban J connectivity index is 1.61. The van der Waals surface area contributed by atoms with Crippen LogP contribution < -0.4 is 5.43 Å². The number of benzene rings is 2. The molecule has 0 bridgehead atoms. The highest BCUT2D eigenvalue weighted by atomic mass is 35.5. The van der Waals surface area contributed by atoms with Crippen molar-refractivity contribution >= 4 is 34.8 Å². The Kier molecular flexibility index (Phi) is 4.69. The maximum absolute atomic E-state index is 12.2.